The highest BCUT2D eigenvalue weighted by atomic mass is 32.1. The number of aldehydes is 1. The van der Waals surface area contributed by atoms with Crippen molar-refractivity contribution in [3.63, 3.8) is 0 Å². The van der Waals surface area contributed by atoms with Crippen LogP contribution >= 0.6 is 11.3 Å². The van der Waals surface area contributed by atoms with Crippen LogP contribution < -0.4 is 0 Å². The fraction of sp³-hybridized carbons (Fsp3) is 0.231. The van der Waals surface area contributed by atoms with Crippen molar-refractivity contribution in [2.75, 3.05) is 0 Å². The Hall–Kier alpha value is -1.69. The van der Waals surface area contributed by atoms with Crippen LogP contribution in [0.2, 0.25) is 0 Å². The summed E-state index contributed by atoms with van der Waals surface area (Å²) in [5, 5.41) is 2.57. The zero-order valence-electron chi connectivity index (χ0n) is 9.78. The molecule has 0 aliphatic rings. The molecule has 0 bridgehead atoms. The Kier molecular flexibility index (Phi) is 3.99. The van der Waals surface area contributed by atoms with Crippen molar-refractivity contribution in [3.8, 4) is 0 Å². The van der Waals surface area contributed by atoms with Crippen molar-refractivity contribution in [3.05, 3.63) is 51.5 Å². The molecule has 0 amide bonds. The largest absolute Gasteiger partial charge is 0.416 e. The Labute approximate surface area is 111 Å². The Balaban J connectivity index is 2.08. The summed E-state index contributed by atoms with van der Waals surface area (Å²) in [6.45, 7) is 0. The fourth-order valence-corrected chi connectivity index (χ4v) is 2.44. The monoisotopic (exact) mass is 285 g/mol. The topological polar surface area (TPSA) is 30.0 Å². The lowest BCUT2D eigenvalue weighted by Gasteiger charge is -2.06. The Bertz CT molecular complexity index is 560. The molecule has 1 aromatic carbocycles. The van der Waals surface area contributed by atoms with E-state index in [1.165, 1.54) is 23.5 Å². The number of nitrogens with zero attached hydrogens (tertiary/aromatic N) is 1. The summed E-state index contributed by atoms with van der Waals surface area (Å²) < 4.78 is 37.2. The number of halogens is 3. The first-order chi connectivity index (χ1) is 8.99. The van der Waals surface area contributed by atoms with Crippen LogP contribution in [0.25, 0.3) is 0 Å². The summed E-state index contributed by atoms with van der Waals surface area (Å²) in [7, 11) is 0. The third-order valence-electron chi connectivity index (χ3n) is 2.53. The van der Waals surface area contributed by atoms with Crippen LogP contribution in [0.1, 0.15) is 21.8 Å². The van der Waals surface area contributed by atoms with Crippen molar-refractivity contribution in [2.45, 2.75) is 19.0 Å². The van der Waals surface area contributed by atoms with E-state index in [1.54, 1.807) is 5.38 Å². The third-order valence-corrected chi connectivity index (χ3v) is 3.43. The highest BCUT2D eigenvalue weighted by Gasteiger charge is 2.29. The molecule has 0 saturated carbocycles. The van der Waals surface area contributed by atoms with Crippen molar-refractivity contribution >= 4 is 17.6 Å². The number of rotatable bonds is 4. The van der Waals surface area contributed by atoms with Gasteiger partial charge in [-0.3, -0.25) is 0 Å². The SMILES string of the molecule is O=CCc1csc(Cc2ccc(C(F)(F)F)cc2)n1. The molecule has 0 aliphatic heterocycles. The van der Waals surface area contributed by atoms with Gasteiger partial charge in [0.05, 0.1) is 16.3 Å². The van der Waals surface area contributed by atoms with Gasteiger partial charge < -0.3 is 4.79 Å². The molecule has 1 heterocycles. The summed E-state index contributed by atoms with van der Waals surface area (Å²) >= 11 is 1.40. The van der Waals surface area contributed by atoms with Gasteiger partial charge in [-0.2, -0.15) is 13.2 Å². The van der Waals surface area contributed by atoms with Crippen LogP contribution in [0.4, 0.5) is 13.2 Å². The third kappa shape index (κ3) is 3.64. The molecule has 0 N–H and O–H groups in total. The zero-order chi connectivity index (χ0) is 13.9. The Morgan fingerprint density at radius 2 is 1.89 bits per heavy atom. The number of aromatic nitrogens is 1. The minimum absolute atomic E-state index is 0.267. The second-order valence-electron chi connectivity index (χ2n) is 3.97. The maximum Gasteiger partial charge on any atom is 0.416 e. The number of carbonyl (C=O) groups is 1. The molecular formula is C13H10F3NOS. The molecule has 0 atom stereocenters. The van der Waals surface area contributed by atoms with Gasteiger partial charge in [0.15, 0.2) is 0 Å². The summed E-state index contributed by atoms with van der Waals surface area (Å²) in [6, 6.07) is 5.03. The molecule has 2 rings (SSSR count). The lowest BCUT2D eigenvalue weighted by Crippen LogP contribution is -2.04. The standard InChI is InChI=1S/C13H10F3NOS/c14-13(15,16)10-3-1-9(2-4-10)7-12-17-11(5-6-18)8-19-12/h1-4,6,8H,5,7H2. The second-order valence-corrected chi connectivity index (χ2v) is 4.92. The van der Waals surface area contributed by atoms with Crippen LogP contribution in [0, 0.1) is 0 Å². The van der Waals surface area contributed by atoms with Crippen LogP contribution in [-0.4, -0.2) is 11.3 Å². The van der Waals surface area contributed by atoms with Crippen molar-refractivity contribution in [1.29, 1.82) is 0 Å². The molecule has 19 heavy (non-hydrogen) atoms. The zero-order valence-corrected chi connectivity index (χ0v) is 10.6. The normalized spacial score (nSPS) is 11.5. The van der Waals surface area contributed by atoms with Crippen molar-refractivity contribution in [2.24, 2.45) is 0 Å². The van der Waals surface area contributed by atoms with E-state index in [0.29, 0.717) is 12.1 Å². The highest BCUT2D eigenvalue weighted by Crippen LogP contribution is 2.29. The van der Waals surface area contributed by atoms with E-state index < -0.39 is 11.7 Å². The van der Waals surface area contributed by atoms with Crippen LogP contribution in [0.15, 0.2) is 29.6 Å². The molecule has 0 unspecified atom stereocenters. The van der Waals surface area contributed by atoms with Gasteiger partial charge in [-0.05, 0) is 17.7 Å². The molecule has 6 heteroatoms. The van der Waals surface area contributed by atoms with E-state index in [-0.39, 0.29) is 6.42 Å². The quantitative estimate of drug-likeness (QED) is 0.805. The number of alkyl halides is 3. The van der Waals surface area contributed by atoms with E-state index in [2.05, 4.69) is 4.98 Å². The van der Waals surface area contributed by atoms with Gasteiger partial charge in [-0.1, -0.05) is 12.1 Å². The van der Waals surface area contributed by atoms with E-state index in [0.717, 1.165) is 29.0 Å². The van der Waals surface area contributed by atoms with E-state index in [4.69, 9.17) is 0 Å². The van der Waals surface area contributed by atoms with E-state index in [1.807, 2.05) is 0 Å². The highest BCUT2D eigenvalue weighted by molar-refractivity contribution is 7.09. The van der Waals surface area contributed by atoms with Crippen molar-refractivity contribution in [1.82, 2.24) is 4.98 Å². The fourth-order valence-electron chi connectivity index (χ4n) is 1.60. The summed E-state index contributed by atoms with van der Waals surface area (Å²) in [5.41, 5.74) is 0.805. The number of hydrogen-bond donors (Lipinski definition) is 0. The van der Waals surface area contributed by atoms with Crippen LogP contribution in [0.3, 0.4) is 0 Å². The molecular weight excluding hydrogens is 275 g/mol. The number of benzene rings is 1. The number of thiazole rings is 1. The minimum atomic E-state index is -4.31. The molecule has 2 nitrogen and oxygen atoms in total. The lowest BCUT2D eigenvalue weighted by molar-refractivity contribution is -0.137. The Morgan fingerprint density at radius 3 is 2.47 bits per heavy atom. The lowest BCUT2D eigenvalue weighted by atomic mass is 10.1. The molecule has 0 spiro atoms. The van der Waals surface area contributed by atoms with Gasteiger partial charge in [0, 0.05) is 18.2 Å². The average Bonchev–Trinajstić information content (AvgIpc) is 2.77. The first kappa shape index (κ1) is 13.7. The van der Waals surface area contributed by atoms with Gasteiger partial charge in [0.25, 0.3) is 0 Å². The molecule has 0 aliphatic carbocycles. The maximum absolute atomic E-state index is 12.4. The average molecular weight is 285 g/mol. The summed E-state index contributed by atoms with van der Waals surface area (Å²) in [5.74, 6) is 0. The van der Waals surface area contributed by atoms with Gasteiger partial charge in [0.2, 0.25) is 0 Å². The predicted octanol–water partition coefficient (Wildman–Crippen LogP) is 3.49. The van der Waals surface area contributed by atoms with Crippen LogP contribution in [0.5, 0.6) is 0 Å². The molecule has 100 valence electrons. The molecule has 2 aromatic rings. The molecule has 0 saturated heterocycles. The first-order valence-corrected chi connectivity index (χ1v) is 6.40. The minimum Gasteiger partial charge on any atom is -0.303 e. The number of carbonyl (C=O) groups excluding carboxylic acids is 1. The van der Waals surface area contributed by atoms with E-state index in [9.17, 15) is 18.0 Å². The smallest absolute Gasteiger partial charge is 0.303 e. The second kappa shape index (κ2) is 5.52. The molecule has 0 radical (unpaired) electrons. The van der Waals surface area contributed by atoms with Gasteiger partial charge in [-0.25, -0.2) is 4.98 Å². The maximum atomic E-state index is 12.4. The van der Waals surface area contributed by atoms with Gasteiger partial charge in [-0.15, -0.1) is 11.3 Å². The Morgan fingerprint density at radius 1 is 1.21 bits per heavy atom. The summed E-state index contributed by atoms with van der Waals surface area (Å²) in [4.78, 5) is 14.6. The van der Waals surface area contributed by atoms with Crippen molar-refractivity contribution < 1.29 is 18.0 Å². The first-order valence-electron chi connectivity index (χ1n) is 5.52. The summed E-state index contributed by atoms with van der Waals surface area (Å²) in [6.07, 6.45) is -2.79. The van der Waals surface area contributed by atoms with Gasteiger partial charge in [0.1, 0.15) is 6.29 Å². The van der Waals surface area contributed by atoms with Crippen LogP contribution in [-0.2, 0) is 23.8 Å². The van der Waals surface area contributed by atoms with Gasteiger partial charge >= 0.3 is 6.18 Å². The molecule has 0 fully saturated rings. The number of hydrogen-bond acceptors (Lipinski definition) is 3. The predicted molar refractivity (Wildman–Crippen MR) is 66.1 cm³/mol. The molecule has 1 aromatic heterocycles. The van der Waals surface area contributed by atoms with E-state index >= 15 is 0 Å².